The normalized spacial score (nSPS) is 56.7. The van der Waals surface area contributed by atoms with Crippen LogP contribution in [0.15, 0.2) is 0 Å². The highest BCUT2D eigenvalue weighted by molar-refractivity contribution is 4.97. The molecule has 1 heteroatoms. The van der Waals surface area contributed by atoms with Gasteiger partial charge in [0.15, 0.2) is 0 Å². The molecule has 0 radical (unpaired) electrons. The van der Waals surface area contributed by atoms with Crippen LogP contribution in [0.25, 0.3) is 0 Å². The Kier molecular flexibility index (Phi) is 0.963. The first-order valence-corrected chi connectivity index (χ1v) is 3.91. The molecule has 9 heavy (non-hydrogen) atoms. The quantitative estimate of drug-likeness (QED) is 0.522. The van der Waals surface area contributed by atoms with Crippen LogP contribution in [0.3, 0.4) is 0 Å². The molecule has 3 aliphatic rings. The second kappa shape index (κ2) is 1.51. The van der Waals surface area contributed by atoms with Gasteiger partial charge in [0.25, 0.3) is 0 Å². The van der Waals surface area contributed by atoms with Gasteiger partial charge in [0, 0.05) is 0 Å². The van der Waals surface area contributed by atoms with Crippen LogP contribution in [0.5, 0.6) is 0 Å². The van der Waals surface area contributed by atoms with Crippen molar-refractivity contribution in [3.63, 3.8) is 0 Å². The lowest BCUT2D eigenvalue weighted by Gasteiger charge is -2.50. The average Bonchev–Trinajstić information content (AvgIpc) is 1.58. The predicted molar refractivity (Wildman–Crippen MR) is 36.1 cm³/mol. The van der Waals surface area contributed by atoms with E-state index >= 15 is 0 Å². The third-order valence-electron chi connectivity index (χ3n) is 3.17. The van der Waals surface area contributed by atoms with Gasteiger partial charge in [-0.3, -0.25) is 0 Å². The van der Waals surface area contributed by atoms with E-state index in [2.05, 4.69) is 0 Å². The second-order valence-corrected chi connectivity index (χ2v) is 3.93. The van der Waals surface area contributed by atoms with Crippen LogP contribution >= 0.6 is 0 Å². The van der Waals surface area contributed by atoms with Gasteiger partial charge in [-0.25, -0.2) is 0 Å². The van der Waals surface area contributed by atoms with Crippen molar-refractivity contribution in [2.45, 2.75) is 38.2 Å². The molecule has 1 atom stereocenters. The standard InChI is InChI=1S/C8H14O/c1-8(9)3-2-6-4-7(8)5-6/h6-7,9H,2-5H2,1H3. The SMILES string of the molecule is CC1(O)CCC2CC1C2. The van der Waals surface area contributed by atoms with Crippen LogP contribution in [0.1, 0.15) is 32.6 Å². The third-order valence-corrected chi connectivity index (χ3v) is 3.17. The third kappa shape index (κ3) is 0.710. The first-order chi connectivity index (χ1) is 4.18. The summed E-state index contributed by atoms with van der Waals surface area (Å²) in [4.78, 5) is 0. The zero-order chi connectivity index (χ0) is 6.48. The smallest absolute Gasteiger partial charge is 0.0648 e. The highest BCUT2D eigenvalue weighted by Gasteiger charge is 2.46. The van der Waals surface area contributed by atoms with E-state index in [1.165, 1.54) is 19.3 Å². The molecule has 1 nitrogen and oxygen atoms in total. The Morgan fingerprint density at radius 3 is 2.33 bits per heavy atom. The number of rotatable bonds is 0. The molecule has 2 bridgehead atoms. The van der Waals surface area contributed by atoms with E-state index in [0.717, 1.165) is 12.3 Å². The summed E-state index contributed by atoms with van der Waals surface area (Å²) in [5, 5.41) is 9.68. The minimum atomic E-state index is -0.297. The lowest BCUT2D eigenvalue weighted by Crippen LogP contribution is -2.48. The number of fused-ring (bicyclic) bond motifs is 2. The van der Waals surface area contributed by atoms with Crippen LogP contribution in [0.2, 0.25) is 0 Å². The van der Waals surface area contributed by atoms with Gasteiger partial charge in [0.2, 0.25) is 0 Å². The monoisotopic (exact) mass is 126 g/mol. The maximum atomic E-state index is 9.68. The molecule has 0 spiro atoms. The zero-order valence-electron chi connectivity index (χ0n) is 5.93. The zero-order valence-corrected chi connectivity index (χ0v) is 5.93. The van der Waals surface area contributed by atoms with Crippen molar-refractivity contribution in [3.05, 3.63) is 0 Å². The van der Waals surface area contributed by atoms with E-state index in [0.29, 0.717) is 5.92 Å². The van der Waals surface area contributed by atoms with Crippen LogP contribution in [-0.4, -0.2) is 10.7 Å². The van der Waals surface area contributed by atoms with E-state index in [-0.39, 0.29) is 5.60 Å². The van der Waals surface area contributed by atoms with Crippen molar-refractivity contribution >= 4 is 0 Å². The predicted octanol–water partition coefficient (Wildman–Crippen LogP) is 1.56. The molecule has 0 saturated heterocycles. The van der Waals surface area contributed by atoms with E-state index in [9.17, 15) is 5.11 Å². The molecule has 0 aliphatic heterocycles. The average molecular weight is 126 g/mol. The molecule has 0 aromatic heterocycles. The van der Waals surface area contributed by atoms with E-state index in [1.54, 1.807) is 0 Å². The van der Waals surface area contributed by atoms with Crippen LogP contribution in [0.4, 0.5) is 0 Å². The number of hydrogen-bond donors (Lipinski definition) is 1. The van der Waals surface area contributed by atoms with Crippen LogP contribution in [-0.2, 0) is 0 Å². The lowest BCUT2D eigenvalue weighted by molar-refractivity contribution is -0.106. The Hall–Kier alpha value is -0.0400. The minimum absolute atomic E-state index is 0.297. The van der Waals surface area contributed by atoms with Crippen molar-refractivity contribution in [2.24, 2.45) is 11.8 Å². The van der Waals surface area contributed by atoms with Crippen molar-refractivity contribution < 1.29 is 5.11 Å². The Morgan fingerprint density at radius 2 is 2.11 bits per heavy atom. The topological polar surface area (TPSA) is 20.2 Å². The van der Waals surface area contributed by atoms with E-state index in [1.807, 2.05) is 6.92 Å². The Balaban J connectivity index is 2.10. The second-order valence-electron chi connectivity index (χ2n) is 3.93. The van der Waals surface area contributed by atoms with E-state index < -0.39 is 0 Å². The summed E-state index contributed by atoms with van der Waals surface area (Å²) < 4.78 is 0. The lowest BCUT2D eigenvalue weighted by atomic mass is 9.58. The fraction of sp³-hybridized carbons (Fsp3) is 1.00. The van der Waals surface area contributed by atoms with Crippen LogP contribution < -0.4 is 0 Å². The molecular weight excluding hydrogens is 112 g/mol. The molecular formula is C8H14O. The number of aliphatic hydroxyl groups is 1. The first-order valence-electron chi connectivity index (χ1n) is 3.91. The molecule has 3 fully saturated rings. The van der Waals surface area contributed by atoms with Crippen molar-refractivity contribution in [1.82, 2.24) is 0 Å². The fourth-order valence-electron chi connectivity index (χ4n) is 2.18. The minimum Gasteiger partial charge on any atom is -0.390 e. The van der Waals surface area contributed by atoms with Crippen LogP contribution in [0, 0.1) is 11.8 Å². The first kappa shape index (κ1) is 5.72. The molecule has 1 unspecified atom stereocenters. The van der Waals surface area contributed by atoms with Crippen molar-refractivity contribution in [2.75, 3.05) is 0 Å². The summed E-state index contributed by atoms with van der Waals surface area (Å²) in [5.74, 6) is 1.63. The van der Waals surface area contributed by atoms with Gasteiger partial charge in [-0.15, -0.1) is 0 Å². The van der Waals surface area contributed by atoms with Gasteiger partial charge in [0.1, 0.15) is 0 Å². The van der Waals surface area contributed by atoms with Gasteiger partial charge in [0.05, 0.1) is 5.60 Å². The molecule has 0 amide bonds. The summed E-state index contributed by atoms with van der Waals surface area (Å²) in [6.45, 7) is 1.99. The molecule has 3 saturated carbocycles. The summed E-state index contributed by atoms with van der Waals surface area (Å²) in [6.07, 6.45) is 4.91. The highest BCUT2D eigenvalue weighted by atomic mass is 16.3. The fourth-order valence-corrected chi connectivity index (χ4v) is 2.18. The summed E-state index contributed by atoms with van der Waals surface area (Å²) in [6, 6.07) is 0. The molecule has 0 aromatic rings. The summed E-state index contributed by atoms with van der Waals surface area (Å²) >= 11 is 0. The van der Waals surface area contributed by atoms with Gasteiger partial charge in [-0.1, -0.05) is 0 Å². The maximum Gasteiger partial charge on any atom is 0.0648 e. The number of hydrogen-bond acceptors (Lipinski definition) is 1. The molecule has 0 aromatic carbocycles. The highest BCUT2D eigenvalue weighted by Crippen LogP contribution is 2.50. The van der Waals surface area contributed by atoms with Gasteiger partial charge in [-0.05, 0) is 44.4 Å². The van der Waals surface area contributed by atoms with Gasteiger partial charge in [-0.2, -0.15) is 0 Å². The molecule has 3 rings (SSSR count). The van der Waals surface area contributed by atoms with E-state index in [4.69, 9.17) is 0 Å². The molecule has 0 heterocycles. The van der Waals surface area contributed by atoms with Crippen molar-refractivity contribution in [3.8, 4) is 0 Å². The van der Waals surface area contributed by atoms with Gasteiger partial charge < -0.3 is 5.11 Å². The molecule has 52 valence electrons. The van der Waals surface area contributed by atoms with Crippen molar-refractivity contribution in [1.29, 1.82) is 0 Å². The summed E-state index contributed by atoms with van der Waals surface area (Å²) in [7, 11) is 0. The Bertz CT molecular complexity index is 120. The maximum absolute atomic E-state index is 9.68. The Morgan fingerprint density at radius 1 is 1.44 bits per heavy atom. The largest absolute Gasteiger partial charge is 0.390 e. The molecule has 3 aliphatic carbocycles. The summed E-state index contributed by atoms with van der Waals surface area (Å²) in [5.41, 5.74) is -0.297. The Labute approximate surface area is 56.1 Å². The molecule has 1 N–H and O–H groups in total. The van der Waals surface area contributed by atoms with Gasteiger partial charge >= 0.3 is 0 Å².